The summed E-state index contributed by atoms with van der Waals surface area (Å²) in [5, 5.41) is 0. The van der Waals surface area contributed by atoms with E-state index in [1.54, 1.807) is 12.1 Å². The Bertz CT molecular complexity index is 1170. The van der Waals surface area contributed by atoms with Crippen molar-refractivity contribution >= 4 is 37.3 Å². The van der Waals surface area contributed by atoms with Crippen molar-refractivity contribution in [2.75, 3.05) is 6.26 Å². The average Bonchev–Trinajstić information content (AvgIpc) is 2.88. The number of aromatic nitrogens is 1. The summed E-state index contributed by atoms with van der Waals surface area (Å²) in [7, 11) is -1.49. The average molecular weight is 374 g/mol. The van der Waals surface area contributed by atoms with Gasteiger partial charge in [-0.05, 0) is 43.2 Å². The maximum Gasteiger partial charge on any atom is 0.279 e. The molecule has 1 aromatic heterocycles. The van der Waals surface area contributed by atoms with E-state index in [0.717, 1.165) is 27.6 Å². The number of hydrogen-bond acceptors (Lipinski definition) is 4. The summed E-state index contributed by atoms with van der Waals surface area (Å²) in [5.74, 6) is -0.456. The molecule has 7 heteroatoms. The number of carbonyl (C=O) groups is 1. The number of nitrogens with zero attached hydrogens (tertiary/aromatic N) is 2. The SMILES string of the molecule is Cc1ccc(C)c2c1sc(=NC(=O)c1cccc(S(C)(=O)=O)c1)n2C. The molecule has 0 N–H and O–H groups in total. The molecular formula is C18H18N2O3S2. The predicted octanol–water partition coefficient (Wildman–Crippen LogP) is 3.00. The molecule has 0 aliphatic heterocycles. The zero-order chi connectivity index (χ0) is 18.4. The number of hydrogen-bond donors (Lipinski definition) is 0. The number of amides is 1. The number of benzene rings is 2. The van der Waals surface area contributed by atoms with Gasteiger partial charge >= 0.3 is 0 Å². The van der Waals surface area contributed by atoms with Crippen LogP contribution in [0.15, 0.2) is 46.3 Å². The molecule has 25 heavy (non-hydrogen) atoms. The molecule has 0 saturated heterocycles. The van der Waals surface area contributed by atoms with Crippen molar-refractivity contribution in [2.45, 2.75) is 18.7 Å². The second-order valence-corrected chi connectivity index (χ2v) is 9.03. The van der Waals surface area contributed by atoms with Crippen molar-refractivity contribution in [3.8, 4) is 0 Å². The maximum atomic E-state index is 12.5. The number of carbonyl (C=O) groups excluding carboxylic acids is 1. The molecule has 0 fully saturated rings. The summed E-state index contributed by atoms with van der Waals surface area (Å²) in [5.41, 5.74) is 3.57. The molecule has 0 aliphatic rings. The van der Waals surface area contributed by atoms with Gasteiger partial charge in [0.05, 0.1) is 15.1 Å². The monoisotopic (exact) mass is 374 g/mol. The Hall–Kier alpha value is -2.25. The number of fused-ring (bicyclic) bond motifs is 1. The van der Waals surface area contributed by atoms with Crippen LogP contribution in [0.25, 0.3) is 10.2 Å². The van der Waals surface area contributed by atoms with E-state index in [1.807, 2.05) is 31.5 Å². The topological polar surface area (TPSA) is 68.5 Å². The molecule has 1 heterocycles. The van der Waals surface area contributed by atoms with E-state index in [9.17, 15) is 13.2 Å². The largest absolute Gasteiger partial charge is 0.319 e. The highest BCUT2D eigenvalue weighted by Crippen LogP contribution is 2.24. The van der Waals surface area contributed by atoms with Crippen molar-refractivity contribution in [1.29, 1.82) is 0 Å². The van der Waals surface area contributed by atoms with Gasteiger partial charge in [0.25, 0.3) is 5.91 Å². The van der Waals surface area contributed by atoms with Gasteiger partial charge in [-0.25, -0.2) is 8.42 Å². The van der Waals surface area contributed by atoms with Crippen molar-refractivity contribution in [3.63, 3.8) is 0 Å². The first-order valence-corrected chi connectivity index (χ1v) is 10.3. The summed E-state index contributed by atoms with van der Waals surface area (Å²) in [6, 6.07) is 10.1. The zero-order valence-electron chi connectivity index (χ0n) is 14.4. The Morgan fingerprint density at radius 2 is 1.80 bits per heavy atom. The summed E-state index contributed by atoms with van der Waals surface area (Å²) >= 11 is 1.45. The first kappa shape index (κ1) is 17.6. The molecule has 0 spiro atoms. The lowest BCUT2D eigenvalue weighted by molar-refractivity contribution is 0.0997. The standard InChI is InChI=1S/C18H18N2O3S2/c1-11-8-9-12(2)16-15(11)20(3)18(24-16)19-17(21)13-6-5-7-14(10-13)25(4,22)23/h5-10H,1-4H3. The first-order chi connectivity index (χ1) is 11.7. The first-order valence-electron chi connectivity index (χ1n) is 7.63. The van der Waals surface area contributed by atoms with Gasteiger partial charge in [0.1, 0.15) is 0 Å². The lowest BCUT2D eigenvalue weighted by Crippen LogP contribution is -2.14. The number of rotatable bonds is 2. The molecule has 0 aliphatic carbocycles. The molecule has 1 amide bonds. The van der Waals surface area contributed by atoms with Gasteiger partial charge in [-0.15, -0.1) is 0 Å². The van der Waals surface area contributed by atoms with E-state index in [-0.39, 0.29) is 10.5 Å². The molecule has 130 valence electrons. The summed E-state index contributed by atoms with van der Waals surface area (Å²) in [4.78, 5) is 17.4. The van der Waals surface area contributed by atoms with E-state index in [0.29, 0.717) is 4.80 Å². The van der Waals surface area contributed by atoms with Crippen molar-refractivity contribution in [2.24, 2.45) is 12.0 Å². The molecule has 0 unspecified atom stereocenters. The number of aryl methyl sites for hydroxylation is 3. The van der Waals surface area contributed by atoms with Crippen LogP contribution in [-0.4, -0.2) is 25.1 Å². The van der Waals surface area contributed by atoms with Crippen LogP contribution >= 0.6 is 11.3 Å². The van der Waals surface area contributed by atoms with Gasteiger partial charge in [0, 0.05) is 18.9 Å². The minimum absolute atomic E-state index is 0.112. The van der Waals surface area contributed by atoms with Crippen molar-refractivity contribution < 1.29 is 13.2 Å². The zero-order valence-corrected chi connectivity index (χ0v) is 16.0. The van der Waals surface area contributed by atoms with Crippen LogP contribution in [0.4, 0.5) is 0 Å². The van der Waals surface area contributed by atoms with Gasteiger partial charge < -0.3 is 4.57 Å². The summed E-state index contributed by atoms with van der Waals surface area (Å²) in [6.45, 7) is 4.05. The van der Waals surface area contributed by atoms with Gasteiger partial charge in [0.15, 0.2) is 14.6 Å². The fraction of sp³-hybridized carbons (Fsp3) is 0.222. The lowest BCUT2D eigenvalue weighted by atomic mass is 10.1. The molecular weight excluding hydrogens is 356 g/mol. The molecule has 3 aromatic rings. The van der Waals surface area contributed by atoms with E-state index in [2.05, 4.69) is 11.1 Å². The minimum Gasteiger partial charge on any atom is -0.319 e. The fourth-order valence-electron chi connectivity index (χ4n) is 2.68. The van der Waals surface area contributed by atoms with Crippen molar-refractivity contribution in [3.05, 3.63) is 57.9 Å². The Morgan fingerprint density at radius 1 is 1.12 bits per heavy atom. The normalized spacial score (nSPS) is 12.7. The van der Waals surface area contributed by atoms with E-state index in [4.69, 9.17) is 0 Å². The highest BCUT2D eigenvalue weighted by Gasteiger charge is 2.13. The number of thiazole rings is 1. The smallest absolute Gasteiger partial charge is 0.279 e. The van der Waals surface area contributed by atoms with E-state index >= 15 is 0 Å². The predicted molar refractivity (Wildman–Crippen MR) is 99.7 cm³/mol. The minimum atomic E-state index is -3.37. The van der Waals surface area contributed by atoms with Crippen LogP contribution in [0.2, 0.25) is 0 Å². The lowest BCUT2D eigenvalue weighted by Gasteiger charge is -2.02. The second kappa shape index (κ2) is 6.24. The third kappa shape index (κ3) is 3.29. The van der Waals surface area contributed by atoms with Gasteiger partial charge in [-0.2, -0.15) is 4.99 Å². The van der Waals surface area contributed by atoms with Crippen LogP contribution in [-0.2, 0) is 16.9 Å². The Balaban J connectivity index is 2.15. The molecule has 0 atom stereocenters. The fourth-order valence-corrected chi connectivity index (χ4v) is 4.51. The third-order valence-corrected chi connectivity index (χ3v) is 6.43. The molecule has 2 aromatic carbocycles. The molecule has 0 bridgehead atoms. The molecule has 0 saturated carbocycles. The molecule has 0 radical (unpaired) electrons. The summed E-state index contributed by atoms with van der Waals surface area (Å²) < 4.78 is 26.3. The summed E-state index contributed by atoms with van der Waals surface area (Å²) in [6.07, 6.45) is 1.12. The Morgan fingerprint density at radius 3 is 2.44 bits per heavy atom. The number of sulfone groups is 1. The third-order valence-electron chi connectivity index (χ3n) is 4.05. The van der Waals surface area contributed by atoms with Crippen LogP contribution in [0.1, 0.15) is 21.5 Å². The second-order valence-electron chi connectivity index (χ2n) is 6.04. The van der Waals surface area contributed by atoms with Gasteiger partial charge in [0.2, 0.25) is 0 Å². The van der Waals surface area contributed by atoms with Crippen LogP contribution in [0.5, 0.6) is 0 Å². The molecule has 3 rings (SSSR count). The molecule has 5 nitrogen and oxygen atoms in total. The van der Waals surface area contributed by atoms with Gasteiger partial charge in [-0.1, -0.05) is 29.5 Å². The maximum absolute atomic E-state index is 12.5. The Labute approximate surface area is 150 Å². The van der Waals surface area contributed by atoms with E-state index in [1.165, 1.54) is 23.5 Å². The quantitative estimate of drug-likeness (QED) is 0.692. The highest BCUT2D eigenvalue weighted by atomic mass is 32.2. The van der Waals surface area contributed by atoms with Crippen LogP contribution in [0.3, 0.4) is 0 Å². The van der Waals surface area contributed by atoms with E-state index < -0.39 is 15.7 Å². The van der Waals surface area contributed by atoms with Crippen LogP contribution < -0.4 is 4.80 Å². The van der Waals surface area contributed by atoms with Crippen LogP contribution in [0, 0.1) is 13.8 Å². The highest BCUT2D eigenvalue weighted by molar-refractivity contribution is 7.90. The van der Waals surface area contributed by atoms with Gasteiger partial charge in [-0.3, -0.25) is 4.79 Å². The Kier molecular flexibility index (Phi) is 4.38. The van der Waals surface area contributed by atoms with Crippen molar-refractivity contribution in [1.82, 2.24) is 4.57 Å².